The third-order valence-corrected chi connectivity index (χ3v) is 4.80. The molecule has 8 heteroatoms. The van der Waals surface area contributed by atoms with E-state index in [9.17, 15) is 13.6 Å². The lowest BCUT2D eigenvalue weighted by Crippen LogP contribution is -2.20. The van der Waals surface area contributed by atoms with Crippen LogP contribution in [0, 0.1) is 11.6 Å². The quantitative estimate of drug-likeness (QED) is 0.664. The van der Waals surface area contributed by atoms with Crippen LogP contribution in [-0.2, 0) is 4.79 Å². The second kappa shape index (κ2) is 8.86. The Labute approximate surface area is 172 Å². The summed E-state index contributed by atoms with van der Waals surface area (Å²) in [6, 6.07) is 13.9. The summed E-state index contributed by atoms with van der Waals surface area (Å²) in [5, 5.41) is 11.3. The zero-order chi connectivity index (χ0) is 20.9. The number of rotatable bonds is 6. The van der Waals surface area contributed by atoms with Crippen molar-refractivity contribution >= 4 is 17.4 Å². The molecule has 1 aliphatic rings. The summed E-state index contributed by atoms with van der Waals surface area (Å²) in [5.74, 6) is -1.32. The van der Waals surface area contributed by atoms with E-state index in [4.69, 9.17) is 4.74 Å². The first-order valence-electron chi connectivity index (χ1n) is 9.65. The molecule has 6 nitrogen and oxygen atoms in total. The predicted molar refractivity (Wildman–Crippen MR) is 109 cm³/mol. The number of nitrogens with zero attached hydrogens (tertiary/aromatic N) is 3. The molecule has 0 unspecified atom stereocenters. The van der Waals surface area contributed by atoms with Gasteiger partial charge < -0.3 is 15.0 Å². The fourth-order valence-electron chi connectivity index (χ4n) is 3.25. The molecule has 2 aromatic carbocycles. The second-order valence-corrected chi connectivity index (χ2v) is 6.96. The summed E-state index contributed by atoms with van der Waals surface area (Å²) in [5.41, 5.74) is 2.18. The van der Waals surface area contributed by atoms with E-state index in [0.29, 0.717) is 11.8 Å². The third kappa shape index (κ3) is 4.71. The lowest BCUT2D eigenvalue weighted by Gasteiger charge is -2.15. The highest BCUT2D eigenvalue weighted by Gasteiger charge is 2.14. The molecule has 0 spiro atoms. The normalized spacial score (nSPS) is 13.3. The van der Waals surface area contributed by atoms with Crippen molar-refractivity contribution in [3.05, 3.63) is 66.2 Å². The van der Waals surface area contributed by atoms with Crippen molar-refractivity contribution in [2.45, 2.75) is 12.8 Å². The minimum absolute atomic E-state index is 0.183. The summed E-state index contributed by atoms with van der Waals surface area (Å²) in [7, 11) is 0. The maximum atomic E-state index is 13.5. The van der Waals surface area contributed by atoms with Crippen molar-refractivity contribution in [3.8, 4) is 17.0 Å². The number of ether oxygens (including phenoxy) is 1. The fraction of sp³-hybridized carbons (Fsp3) is 0.227. The monoisotopic (exact) mass is 410 g/mol. The Kier molecular flexibility index (Phi) is 5.83. The highest BCUT2D eigenvalue weighted by molar-refractivity contribution is 5.92. The van der Waals surface area contributed by atoms with Gasteiger partial charge in [0.25, 0.3) is 5.91 Å². The maximum Gasteiger partial charge on any atom is 0.262 e. The number of carbonyl (C=O) groups excluding carboxylic acids is 1. The molecular formula is C22H20F2N4O2. The largest absolute Gasteiger partial charge is 0.481 e. The smallest absolute Gasteiger partial charge is 0.262 e. The summed E-state index contributed by atoms with van der Waals surface area (Å²) in [6.45, 7) is 1.63. The first-order valence-corrected chi connectivity index (χ1v) is 9.65. The van der Waals surface area contributed by atoms with Gasteiger partial charge in [-0.3, -0.25) is 4.79 Å². The van der Waals surface area contributed by atoms with E-state index in [1.54, 1.807) is 12.1 Å². The Morgan fingerprint density at radius 3 is 2.43 bits per heavy atom. The Bertz CT molecular complexity index is 1020. The van der Waals surface area contributed by atoms with Gasteiger partial charge in [-0.1, -0.05) is 12.1 Å². The number of benzene rings is 2. The lowest BCUT2D eigenvalue weighted by molar-refractivity contribution is -0.118. The van der Waals surface area contributed by atoms with E-state index < -0.39 is 24.1 Å². The molecule has 1 fully saturated rings. The SMILES string of the molecule is O=C(COc1ccc(F)cc1F)Nc1ccc(-c2ccc(N3CCCC3)nn2)cc1. The molecular weight excluding hydrogens is 390 g/mol. The Balaban J connectivity index is 1.33. The molecule has 1 saturated heterocycles. The molecule has 1 N–H and O–H groups in total. The highest BCUT2D eigenvalue weighted by Crippen LogP contribution is 2.22. The Hall–Kier alpha value is -3.55. The van der Waals surface area contributed by atoms with Crippen LogP contribution >= 0.6 is 0 Å². The van der Waals surface area contributed by atoms with Crippen LogP contribution in [0.15, 0.2) is 54.6 Å². The first-order chi connectivity index (χ1) is 14.6. The summed E-state index contributed by atoms with van der Waals surface area (Å²) in [4.78, 5) is 14.2. The van der Waals surface area contributed by atoms with Crippen molar-refractivity contribution in [3.63, 3.8) is 0 Å². The molecule has 0 radical (unpaired) electrons. The van der Waals surface area contributed by atoms with Gasteiger partial charge in [-0.25, -0.2) is 8.78 Å². The van der Waals surface area contributed by atoms with E-state index in [0.717, 1.165) is 42.3 Å². The van der Waals surface area contributed by atoms with E-state index in [2.05, 4.69) is 20.4 Å². The summed E-state index contributed by atoms with van der Waals surface area (Å²) >= 11 is 0. The minimum Gasteiger partial charge on any atom is -0.481 e. The molecule has 0 bridgehead atoms. The predicted octanol–water partition coefficient (Wildman–Crippen LogP) is 4.04. The molecule has 4 rings (SSSR count). The molecule has 154 valence electrons. The van der Waals surface area contributed by atoms with Crippen LogP contribution in [0.1, 0.15) is 12.8 Å². The van der Waals surface area contributed by atoms with Crippen LogP contribution in [0.5, 0.6) is 5.75 Å². The van der Waals surface area contributed by atoms with Crippen molar-refractivity contribution in [2.24, 2.45) is 0 Å². The fourth-order valence-corrected chi connectivity index (χ4v) is 3.25. The maximum absolute atomic E-state index is 13.5. The zero-order valence-electron chi connectivity index (χ0n) is 16.1. The van der Waals surface area contributed by atoms with Gasteiger partial charge in [-0.2, -0.15) is 0 Å². The average molecular weight is 410 g/mol. The molecule has 1 aliphatic heterocycles. The third-order valence-electron chi connectivity index (χ3n) is 4.80. The van der Waals surface area contributed by atoms with E-state index in [1.807, 2.05) is 24.3 Å². The lowest BCUT2D eigenvalue weighted by atomic mass is 10.1. The molecule has 0 aliphatic carbocycles. The van der Waals surface area contributed by atoms with E-state index >= 15 is 0 Å². The van der Waals surface area contributed by atoms with E-state index in [1.165, 1.54) is 12.8 Å². The van der Waals surface area contributed by atoms with Crippen molar-refractivity contribution < 1.29 is 18.3 Å². The molecule has 3 aromatic rings. The molecule has 1 aromatic heterocycles. The Morgan fingerprint density at radius 1 is 1.00 bits per heavy atom. The number of carbonyl (C=O) groups is 1. The topological polar surface area (TPSA) is 67.3 Å². The summed E-state index contributed by atoms with van der Waals surface area (Å²) < 4.78 is 31.5. The number of halogens is 2. The van der Waals surface area contributed by atoms with Crippen LogP contribution in [-0.4, -0.2) is 35.8 Å². The Morgan fingerprint density at radius 2 is 1.77 bits per heavy atom. The number of hydrogen-bond acceptors (Lipinski definition) is 5. The molecule has 0 saturated carbocycles. The van der Waals surface area contributed by atoms with Gasteiger partial charge in [0.1, 0.15) is 5.82 Å². The van der Waals surface area contributed by atoms with Gasteiger partial charge in [0.05, 0.1) is 5.69 Å². The van der Waals surface area contributed by atoms with Crippen LogP contribution < -0.4 is 15.0 Å². The standard InChI is InChI=1S/C22H20F2N4O2/c23-16-5-9-20(18(24)13-16)30-14-22(29)25-17-6-3-15(4-7-17)19-8-10-21(27-26-19)28-11-1-2-12-28/h3-10,13H,1-2,11-12,14H2,(H,25,29). The van der Waals surface area contributed by atoms with E-state index in [-0.39, 0.29) is 5.75 Å². The number of aromatic nitrogens is 2. The average Bonchev–Trinajstić information content (AvgIpc) is 3.29. The molecule has 1 amide bonds. The van der Waals surface area contributed by atoms with Crippen molar-refractivity contribution in [1.82, 2.24) is 10.2 Å². The molecule has 30 heavy (non-hydrogen) atoms. The minimum atomic E-state index is -0.857. The first kappa shape index (κ1) is 19.8. The van der Waals surface area contributed by atoms with Crippen molar-refractivity contribution in [2.75, 3.05) is 29.9 Å². The number of hydrogen-bond donors (Lipinski definition) is 1. The van der Waals surface area contributed by atoms with Gasteiger partial charge in [0, 0.05) is 30.4 Å². The number of amides is 1. The van der Waals surface area contributed by atoms with Gasteiger partial charge in [-0.15, -0.1) is 10.2 Å². The molecule has 2 heterocycles. The van der Waals surface area contributed by atoms with Crippen LogP contribution in [0.2, 0.25) is 0 Å². The zero-order valence-corrected chi connectivity index (χ0v) is 16.1. The van der Waals surface area contributed by atoms with Gasteiger partial charge in [0.2, 0.25) is 0 Å². The van der Waals surface area contributed by atoms with Crippen LogP contribution in [0.25, 0.3) is 11.3 Å². The molecule has 0 atom stereocenters. The number of nitrogens with one attached hydrogen (secondary N) is 1. The summed E-state index contributed by atoms with van der Waals surface area (Å²) in [6.07, 6.45) is 2.36. The van der Waals surface area contributed by atoms with Crippen LogP contribution in [0.4, 0.5) is 20.3 Å². The van der Waals surface area contributed by atoms with Gasteiger partial charge in [0.15, 0.2) is 24.0 Å². The van der Waals surface area contributed by atoms with Crippen molar-refractivity contribution in [1.29, 1.82) is 0 Å². The number of anilines is 2. The van der Waals surface area contributed by atoms with Gasteiger partial charge in [-0.05, 0) is 49.2 Å². The highest BCUT2D eigenvalue weighted by atomic mass is 19.1. The van der Waals surface area contributed by atoms with Gasteiger partial charge >= 0.3 is 0 Å². The second-order valence-electron chi connectivity index (χ2n) is 6.96. The van der Waals surface area contributed by atoms with Crippen LogP contribution in [0.3, 0.4) is 0 Å².